The van der Waals surface area contributed by atoms with Gasteiger partial charge in [-0.1, -0.05) is 29.8 Å². The van der Waals surface area contributed by atoms with Gasteiger partial charge in [-0.2, -0.15) is 0 Å². The highest BCUT2D eigenvalue weighted by molar-refractivity contribution is 6.30. The van der Waals surface area contributed by atoms with Gasteiger partial charge >= 0.3 is 0 Å². The number of hydrogen-bond donors (Lipinski definition) is 1. The maximum absolute atomic E-state index is 6.13. The lowest BCUT2D eigenvalue weighted by atomic mass is 9.91. The lowest BCUT2D eigenvalue weighted by molar-refractivity contribution is 0.801. The summed E-state index contributed by atoms with van der Waals surface area (Å²) < 4.78 is 0. The first kappa shape index (κ1) is 13.1. The van der Waals surface area contributed by atoms with Crippen molar-refractivity contribution in [3.63, 3.8) is 0 Å². The van der Waals surface area contributed by atoms with Crippen molar-refractivity contribution in [2.24, 2.45) is 4.99 Å². The third kappa shape index (κ3) is 2.99. The van der Waals surface area contributed by atoms with Gasteiger partial charge in [0.05, 0.1) is 12.4 Å². The molecule has 0 saturated carbocycles. The summed E-state index contributed by atoms with van der Waals surface area (Å²) >= 11 is 6.13. The summed E-state index contributed by atoms with van der Waals surface area (Å²) in [6, 6.07) is 14.0. The molecule has 0 radical (unpaired) electrons. The number of rotatable bonds is 4. The van der Waals surface area contributed by atoms with E-state index in [0.717, 1.165) is 36.1 Å². The number of aromatic nitrogens is 1. The Morgan fingerprint density at radius 2 is 2.15 bits per heavy atom. The Bertz CT molecular complexity index is 610. The summed E-state index contributed by atoms with van der Waals surface area (Å²) in [4.78, 5) is 9.00. The molecule has 1 aromatic carbocycles. The third-order valence-electron chi connectivity index (χ3n) is 3.44. The summed E-state index contributed by atoms with van der Waals surface area (Å²) in [6.45, 7) is 1.79. The second-order valence-corrected chi connectivity index (χ2v) is 5.26. The van der Waals surface area contributed by atoms with E-state index >= 15 is 0 Å². The molecule has 0 aliphatic carbocycles. The van der Waals surface area contributed by atoms with Crippen LogP contribution in [0.5, 0.6) is 0 Å². The van der Waals surface area contributed by atoms with Crippen LogP contribution in [0.2, 0.25) is 5.02 Å². The van der Waals surface area contributed by atoms with Crippen LogP contribution < -0.4 is 5.32 Å². The number of halogens is 1. The number of amidine groups is 1. The van der Waals surface area contributed by atoms with Crippen molar-refractivity contribution in [3.8, 4) is 0 Å². The first-order valence-corrected chi connectivity index (χ1v) is 7.14. The van der Waals surface area contributed by atoms with Crippen LogP contribution in [-0.4, -0.2) is 23.9 Å². The van der Waals surface area contributed by atoms with Crippen molar-refractivity contribution in [2.75, 3.05) is 13.1 Å². The molecular formula is C16H16ClN3. The van der Waals surface area contributed by atoms with E-state index < -0.39 is 0 Å². The fourth-order valence-corrected chi connectivity index (χ4v) is 2.67. The molecule has 2 aromatic rings. The highest BCUT2D eigenvalue weighted by Gasteiger charge is 2.19. The minimum Gasteiger partial charge on any atom is -0.372 e. The van der Waals surface area contributed by atoms with Crippen LogP contribution in [0, 0.1) is 0 Å². The zero-order valence-corrected chi connectivity index (χ0v) is 11.8. The van der Waals surface area contributed by atoms with E-state index in [1.807, 2.05) is 36.5 Å². The molecule has 1 N–H and O–H groups in total. The molecule has 3 rings (SSSR count). The molecule has 0 spiro atoms. The maximum atomic E-state index is 6.13. The molecule has 0 bridgehead atoms. The molecule has 102 valence electrons. The van der Waals surface area contributed by atoms with Gasteiger partial charge in [-0.25, -0.2) is 0 Å². The fraction of sp³-hybridized carbons (Fsp3) is 0.250. The number of benzene rings is 1. The molecular weight excluding hydrogens is 270 g/mol. The predicted molar refractivity (Wildman–Crippen MR) is 82.5 cm³/mol. The highest BCUT2D eigenvalue weighted by Crippen LogP contribution is 2.28. The Labute approximate surface area is 123 Å². The van der Waals surface area contributed by atoms with E-state index in [4.69, 9.17) is 11.6 Å². The Kier molecular flexibility index (Phi) is 3.97. The third-order valence-corrected chi connectivity index (χ3v) is 3.67. The minimum absolute atomic E-state index is 0.180. The van der Waals surface area contributed by atoms with Gasteiger partial charge in [0.2, 0.25) is 0 Å². The molecule has 0 saturated heterocycles. The van der Waals surface area contributed by atoms with Gasteiger partial charge in [0, 0.05) is 35.8 Å². The Morgan fingerprint density at radius 1 is 1.20 bits per heavy atom. The summed E-state index contributed by atoms with van der Waals surface area (Å²) in [5, 5.41) is 4.08. The van der Waals surface area contributed by atoms with Gasteiger partial charge < -0.3 is 5.32 Å². The monoisotopic (exact) mass is 285 g/mol. The lowest BCUT2D eigenvalue weighted by Gasteiger charge is -2.17. The quantitative estimate of drug-likeness (QED) is 0.936. The van der Waals surface area contributed by atoms with Crippen molar-refractivity contribution < 1.29 is 0 Å². The van der Waals surface area contributed by atoms with Crippen LogP contribution in [0.15, 0.2) is 53.7 Å². The number of aliphatic imine (C=N–C) groups is 1. The molecule has 1 aromatic heterocycles. The van der Waals surface area contributed by atoms with Crippen molar-refractivity contribution in [3.05, 3.63) is 64.9 Å². The summed E-state index contributed by atoms with van der Waals surface area (Å²) in [5.41, 5.74) is 2.22. The molecule has 0 fully saturated rings. The van der Waals surface area contributed by atoms with Gasteiger partial charge in [0.15, 0.2) is 0 Å². The van der Waals surface area contributed by atoms with Gasteiger partial charge in [-0.15, -0.1) is 0 Å². The second-order valence-electron chi connectivity index (χ2n) is 4.82. The Hall–Kier alpha value is -1.87. The molecule has 1 aliphatic rings. The van der Waals surface area contributed by atoms with Crippen LogP contribution in [-0.2, 0) is 0 Å². The number of nitrogens with one attached hydrogen (secondary N) is 1. The smallest absolute Gasteiger partial charge is 0.0974 e. The fourth-order valence-electron chi connectivity index (χ4n) is 2.48. The Morgan fingerprint density at radius 3 is 2.85 bits per heavy atom. The average Bonchev–Trinajstić information content (AvgIpc) is 2.99. The van der Waals surface area contributed by atoms with Gasteiger partial charge in [0.25, 0.3) is 0 Å². The van der Waals surface area contributed by atoms with Crippen molar-refractivity contribution in [1.29, 1.82) is 0 Å². The van der Waals surface area contributed by atoms with Crippen LogP contribution in [0.1, 0.15) is 23.6 Å². The van der Waals surface area contributed by atoms with Gasteiger partial charge in [-0.05, 0) is 29.8 Å². The van der Waals surface area contributed by atoms with E-state index in [-0.39, 0.29) is 5.92 Å². The van der Waals surface area contributed by atoms with Gasteiger partial charge in [0.1, 0.15) is 0 Å². The standard InChI is InChI=1S/C16H16ClN3/c17-13-5-3-4-12(10-13)14(11-16-19-8-9-20-16)15-6-1-2-7-18-15/h1-7,10,14H,8-9,11H2,(H,19,20). The maximum Gasteiger partial charge on any atom is 0.0974 e. The van der Waals surface area contributed by atoms with E-state index in [2.05, 4.69) is 27.4 Å². The second kappa shape index (κ2) is 6.06. The first-order chi connectivity index (χ1) is 9.83. The van der Waals surface area contributed by atoms with E-state index in [0.29, 0.717) is 0 Å². The summed E-state index contributed by atoms with van der Waals surface area (Å²) in [5.74, 6) is 1.24. The van der Waals surface area contributed by atoms with E-state index in [9.17, 15) is 0 Å². The molecule has 20 heavy (non-hydrogen) atoms. The van der Waals surface area contributed by atoms with E-state index in [1.165, 1.54) is 5.56 Å². The predicted octanol–water partition coefficient (Wildman–Crippen LogP) is 3.26. The molecule has 3 nitrogen and oxygen atoms in total. The van der Waals surface area contributed by atoms with Crippen molar-refractivity contribution >= 4 is 17.4 Å². The average molecular weight is 286 g/mol. The van der Waals surface area contributed by atoms with Gasteiger partial charge in [-0.3, -0.25) is 9.98 Å². The Balaban J connectivity index is 1.94. The minimum atomic E-state index is 0.180. The zero-order valence-electron chi connectivity index (χ0n) is 11.1. The summed E-state index contributed by atoms with van der Waals surface area (Å²) in [7, 11) is 0. The highest BCUT2D eigenvalue weighted by atomic mass is 35.5. The SMILES string of the molecule is Clc1cccc(C(CC2=NCCN2)c2ccccn2)c1. The number of pyridine rings is 1. The topological polar surface area (TPSA) is 37.3 Å². The van der Waals surface area contributed by atoms with Crippen LogP contribution >= 0.6 is 11.6 Å². The van der Waals surface area contributed by atoms with Crippen molar-refractivity contribution in [1.82, 2.24) is 10.3 Å². The molecule has 2 heterocycles. The molecule has 1 aliphatic heterocycles. The first-order valence-electron chi connectivity index (χ1n) is 6.76. The van der Waals surface area contributed by atoms with Crippen LogP contribution in [0.4, 0.5) is 0 Å². The van der Waals surface area contributed by atoms with E-state index in [1.54, 1.807) is 0 Å². The molecule has 1 atom stereocenters. The number of hydrogen-bond acceptors (Lipinski definition) is 3. The molecule has 4 heteroatoms. The summed E-state index contributed by atoms with van der Waals surface area (Å²) in [6.07, 6.45) is 2.66. The normalized spacial score (nSPS) is 15.6. The van der Waals surface area contributed by atoms with Crippen molar-refractivity contribution in [2.45, 2.75) is 12.3 Å². The number of nitrogens with zero attached hydrogens (tertiary/aromatic N) is 2. The van der Waals surface area contributed by atoms with Crippen LogP contribution in [0.25, 0.3) is 0 Å². The molecule has 1 unspecified atom stereocenters. The molecule has 0 amide bonds. The zero-order chi connectivity index (χ0) is 13.8. The van der Waals surface area contributed by atoms with Crippen LogP contribution in [0.3, 0.4) is 0 Å². The lowest BCUT2D eigenvalue weighted by Crippen LogP contribution is -2.21. The largest absolute Gasteiger partial charge is 0.372 e.